The van der Waals surface area contributed by atoms with Crippen LogP contribution in [0.1, 0.15) is 0 Å². The number of nitrogens with one attached hydrogen (secondary N) is 1. The van der Waals surface area contributed by atoms with Gasteiger partial charge in [-0.2, -0.15) is 30.6 Å². The van der Waals surface area contributed by atoms with Crippen molar-refractivity contribution in [3.05, 3.63) is 65.9 Å². The van der Waals surface area contributed by atoms with Crippen molar-refractivity contribution in [1.29, 1.82) is 0 Å². The van der Waals surface area contributed by atoms with Gasteiger partial charge in [0.15, 0.2) is 0 Å². The van der Waals surface area contributed by atoms with Crippen LogP contribution in [0, 0.1) is 0 Å². The molecule has 0 aliphatic carbocycles. The molecule has 0 saturated carbocycles. The molecule has 0 spiro atoms. The Morgan fingerprint density at radius 2 is 1.64 bits per heavy atom. The molecular formula is C14H15BrN10. The highest BCUT2D eigenvalue weighted by molar-refractivity contribution is 9.10. The average Bonchev–Trinajstić information content (AvgIpc) is 3.29. The molecule has 0 radical (unpaired) electrons. The molecule has 0 fully saturated rings. The van der Waals surface area contributed by atoms with Crippen molar-refractivity contribution in [1.82, 2.24) is 40.4 Å². The number of nitrogens with two attached hydrogens (primary N) is 2. The summed E-state index contributed by atoms with van der Waals surface area (Å²) in [6, 6.07) is 7.05. The van der Waals surface area contributed by atoms with Gasteiger partial charge in [0.2, 0.25) is 0 Å². The predicted octanol–water partition coefficient (Wildman–Crippen LogP) is 1.48. The zero-order chi connectivity index (χ0) is 17.9. The second-order valence-corrected chi connectivity index (χ2v) is 5.27. The summed E-state index contributed by atoms with van der Waals surface area (Å²) in [5, 5.41) is 24.6. The summed E-state index contributed by atoms with van der Waals surface area (Å²) in [5.74, 6) is 1.10. The normalized spacial score (nSPS) is 9.32. The Morgan fingerprint density at radius 1 is 0.880 bits per heavy atom. The van der Waals surface area contributed by atoms with E-state index in [1.807, 2.05) is 6.07 Å². The van der Waals surface area contributed by atoms with E-state index in [1.165, 1.54) is 0 Å². The zero-order valence-electron chi connectivity index (χ0n) is 12.9. The van der Waals surface area contributed by atoms with Gasteiger partial charge in [-0.05, 0) is 34.1 Å². The number of rotatable bonds is 1. The quantitative estimate of drug-likeness (QED) is 0.432. The minimum atomic E-state index is 0.492. The summed E-state index contributed by atoms with van der Waals surface area (Å²) >= 11 is 3.21. The topological polar surface area (TPSA) is 150 Å². The Hall–Kier alpha value is -3.34. The molecule has 0 atom stereocenters. The maximum atomic E-state index is 5.45. The third-order valence-corrected chi connectivity index (χ3v) is 2.98. The standard InChI is InChI=1S/C7H7N5.C4H3BrN2.C3H5N3/c8-7-2-4-12(11-7)6-1-3-9-10-5-6;5-4-1-2-6-7-3-4;4-3-1-2-5-6-3/h1-5H,(H2,8,11);1-3H;1-2H,(H3,4,5,6). The van der Waals surface area contributed by atoms with E-state index >= 15 is 0 Å². The average molecular weight is 403 g/mol. The molecule has 0 saturated heterocycles. The Balaban J connectivity index is 0.000000148. The van der Waals surface area contributed by atoms with Gasteiger partial charge < -0.3 is 11.5 Å². The van der Waals surface area contributed by atoms with Gasteiger partial charge in [0.25, 0.3) is 0 Å². The molecule has 0 amide bonds. The fraction of sp³-hybridized carbons (Fsp3) is 0. The molecule has 4 aromatic heterocycles. The molecule has 4 rings (SSSR count). The maximum Gasteiger partial charge on any atom is 0.145 e. The van der Waals surface area contributed by atoms with E-state index in [4.69, 9.17) is 11.5 Å². The lowest BCUT2D eigenvalue weighted by Crippen LogP contribution is -1.96. The predicted molar refractivity (Wildman–Crippen MR) is 96.3 cm³/mol. The molecule has 0 aliphatic heterocycles. The molecule has 0 unspecified atom stereocenters. The molecule has 4 aromatic rings. The largest absolute Gasteiger partial charge is 0.384 e. The number of hydrogen-bond acceptors (Lipinski definition) is 8. The van der Waals surface area contributed by atoms with E-state index in [2.05, 4.69) is 51.6 Å². The number of hydrogen-bond donors (Lipinski definition) is 3. The van der Waals surface area contributed by atoms with Gasteiger partial charge in [0.1, 0.15) is 11.6 Å². The fourth-order valence-electron chi connectivity index (χ4n) is 1.44. The van der Waals surface area contributed by atoms with Crippen LogP contribution < -0.4 is 11.5 Å². The lowest BCUT2D eigenvalue weighted by atomic mass is 10.5. The summed E-state index contributed by atoms with van der Waals surface area (Å²) in [5.41, 5.74) is 11.5. The van der Waals surface area contributed by atoms with Crippen LogP contribution in [-0.4, -0.2) is 40.4 Å². The first kappa shape index (κ1) is 18.0. The van der Waals surface area contributed by atoms with Gasteiger partial charge in [0, 0.05) is 16.7 Å². The number of nitrogen functional groups attached to an aromatic ring is 2. The zero-order valence-corrected chi connectivity index (χ0v) is 14.5. The van der Waals surface area contributed by atoms with Crippen LogP contribution >= 0.6 is 15.9 Å². The SMILES string of the molecule is Brc1ccnnc1.Nc1ccn(-c2ccnnc2)n1.Nc1ccn[nH]1. The number of aromatic amines is 1. The van der Waals surface area contributed by atoms with E-state index in [0.29, 0.717) is 11.6 Å². The van der Waals surface area contributed by atoms with Gasteiger partial charge in [-0.1, -0.05) is 0 Å². The van der Waals surface area contributed by atoms with E-state index in [9.17, 15) is 0 Å². The summed E-state index contributed by atoms with van der Waals surface area (Å²) in [6.07, 6.45) is 9.87. The number of anilines is 2. The fourth-order valence-corrected chi connectivity index (χ4v) is 1.65. The molecule has 4 heterocycles. The van der Waals surface area contributed by atoms with Crippen LogP contribution in [0.15, 0.2) is 65.9 Å². The maximum absolute atomic E-state index is 5.45. The highest BCUT2D eigenvalue weighted by Crippen LogP contribution is 2.04. The van der Waals surface area contributed by atoms with Crippen LogP contribution in [0.25, 0.3) is 5.69 Å². The van der Waals surface area contributed by atoms with Crippen LogP contribution in [0.3, 0.4) is 0 Å². The van der Waals surface area contributed by atoms with Crippen molar-refractivity contribution in [2.75, 3.05) is 11.5 Å². The van der Waals surface area contributed by atoms with Crippen LogP contribution in [0.2, 0.25) is 0 Å². The first-order valence-corrected chi connectivity index (χ1v) is 7.69. The lowest BCUT2D eigenvalue weighted by Gasteiger charge is -1.96. The Kier molecular flexibility index (Phi) is 7.00. The van der Waals surface area contributed by atoms with E-state index in [0.717, 1.165) is 10.2 Å². The second-order valence-electron chi connectivity index (χ2n) is 4.36. The molecule has 0 aromatic carbocycles. The Labute approximate surface area is 151 Å². The summed E-state index contributed by atoms with van der Waals surface area (Å²) < 4.78 is 2.60. The first-order chi connectivity index (χ1) is 12.1. The molecule has 11 heteroatoms. The van der Waals surface area contributed by atoms with E-state index in [-0.39, 0.29) is 0 Å². The van der Waals surface area contributed by atoms with Crippen LogP contribution in [-0.2, 0) is 0 Å². The van der Waals surface area contributed by atoms with Gasteiger partial charge >= 0.3 is 0 Å². The van der Waals surface area contributed by atoms with Crippen molar-refractivity contribution < 1.29 is 0 Å². The number of H-pyrrole nitrogens is 1. The van der Waals surface area contributed by atoms with Gasteiger partial charge in [-0.15, -0.1) is 0 Å². The van der Waals surface area contributed by atoms with Crippen molar-refractivity contribution in [3.63, 3.8) is 0 Å². The third-order valence-electron chi connectivity index (χ3n) is 2.51. The first-order valence-electron chi connectivity index (χ1n) is 6.90. The molecular weight excluding hydrogens is 388 g/mol. The van der Waals surface area contributed by atoms with Gasteiger partial charge in [0.05, 0.1) is 36.7 Å². The minimum absolute atomic E-state index is 0.492. The lowest BCUT2D eigenvalue weighted by molar-refractivity contribution is 0.863. The minimum Gasteiger partial charge on any atom is -0.384 e. The van der Waals surface area contributed by atoms with Crippen molar-refractivity contribution in [3.8, 4) is 5.69 Å². The van der Waals surface area contributed by atoms with Gasteiger partial charge in [-0.3, -0.25) is 5.10 Å². The van der Waals surface area contributed by atoms with Gasteiger partial charge in [-0.25, -0.2) is 4.68 Å². The third kappa shape index (κ3) is 6.74. The highest BCUT2D eigenvalue weighted by Gasteiger charge is 1.96. The van der Waals surface area contributed by atoms with Crippen LogP contribution in [0.4, 0.5) is 11.6 Å². The number of halogens is 1. The molecule has 10 nitrogen and oxygen atoms in total. The molecule has 25 heavy (non-hydrogen) atoms. The Bertz CT molecular complexity index is 832. The van der Waals surface area contributed by atoms with E-state index < -0.39 is 0 Å². The van der Waals surface area contributed by atoms with Crippen LogP contribution in [0.5, 0.6) is 0 Å². The number of nitrogens with zero attached hydrogens (tertiary/aromatic N) is 7. The van der Waals surface area contributed by atoms with E-state index in [1.54, 1.807) is 60.1 Å². The van der Waals surface area contributed by atoms with Crippen molar-refractivity contribution in [2.45, 2.75) is 0 Å². The monoisotopic (exact) mass is 402 g/mol. The summed E-state index contributed by atoms with van der Waals surface area (Å²) in [4.78, 5) is 0. The Morgan fingerprint density at radius 3 is 2.00 bits per heavy atom. The summed E-state index contributed by atoms with van der Waals surface area (Å²) in [7, 11) is 0. The van der Waals surface area contributed by atoms with Crippen molar-refractivity contribution >= 4 is 27.6 Å². The molecule has 0 aliphatic rings. The number of aromatic nitrogens is 8. The molecule has 0 bridgehead atoms. The smallest absolute Gasteiger partial charge is 0.145 e. The molecule has 128 valence electrons. The van der Waals surface area contributed by atoms with Crippen molar-refractivity contribution in [2.24, 2.45) is 0 Å². The second kappa shape index (κ2) is 9.72. The summed E-state index contributed by atoms with van der Waals surface area (Å²) in [6.45, 7) is 0. The molecule has 5 N–H and O–H groups in total. The highest BCUT2D eigenvalue weighted by atomic mass is 79.9.